The first-order valence-corrected chi connectivity index (χ1v) is 8.58. The van der Waals surface area contributed by atoms with E-state index in [0.29, 0.717) is 0 Å². The van der Waals surface area contributed by atoms with Crippen LogP contribution in [0.5, 0.6) is 0 Å². The number of rotatable bonds is 4. The second-order valence-electron chi connectivity index (χ2n) is 6.05. The van der Waals surface area contributed by atoms with Crippen molar-refractivity contribution in [2.24, 2.45) is 0 Å². The van der Waals surface area contributed by atoms with Gasteiger partial charge < -0.3 is 0 Å². The average molecular weight is 413 g/mol. The van der Waals surface area contributed by atoms with Crippen LogP contribution in [0.1, 0.15) is 4.11 Å². The average Bonchev–Trinajstić information content (AvgIpc) is 2.94. The zero-order chi connectivity index (χ0) is 19.8. The number of hydrogen-bond acceptors (Lipinski definition) is 4. The molecular formula is C17H22B2N4Pd. The summed E-state index contributed by atoms with van der Waals surface area (Å²) in [5.74, 6) is 0. The van der Waals surface area contributed by atoms with Gasteiger partial charge in [-0.25, -0.2) is 0 Å². The molecule has 0 unspecified atom stereocenters. The maximum atomic E-state index is 8.00. The second kappa shape index (κ2) is 7.25. The zero-order valence-corrected chi connectivity index (χ0v) is 15.6. The van der Waals surface area contributed by atoms with Crippen LogP contribution in [0.3, 0.4) is 0 Å². The fourth-order valence-corrected chi connectivity index (χ4v) is 3.95. The van der Waals surface area contributed by atoms with Crippen LogP contribution in [-0.2, 0) is 18.7 Å². The molecule has 0 aliphatic carbocycles. The molecule has 1 aliphatic rings. The van der Waals surface area contributed by atoms with Gasteiger partial charge in [0.1, 0.15) is 0 Å². The Balaban J connectivity index is 2.17. The van der Waals surface area contributed by atoms with Crippen molar-refractivity contribution in [2.75, 3.05) is 37.7 Å². The minimum absolute atomic E-state index is 0.206. The molecule has 1 heterocycles. The van der Waals surface area contributed by atoms with E-state index in [-0.39, 0.29) is 6.87 Å². The van der Waals surface area contributed by atoms with Gasteiger partial charge in [0.25, 0.3) is 0 Å². The Morgan fingerprint density at radius 3 is 1.58 bits per heavy atom. The Morgan fingerprint density at radius 1 is 0.792 bits per heavy atom. The van der Waals surface area contributed by atoms with E-state index in [1.54, 1.807) is 7.05 Å². The Hall–Kier alpha value is -1.38. The molecule has 0 aromatic heterocycles. The first kappa shape index (κ1) is 13.9. The third-order valence-corrected chi connectivity index (χ3v) is 4.91. The SMILES string of the molecule is [2H]C([2H])([2H])N(C)B1B(N(C)C)N(c2ccccc2)[C](=[Pd])N1c1ccccc1. The van der Waals surface area contributed by atoms with E-state index in [4.69, 9.17) is 4.11 Å². The van der Waals surface area contributed by atoms with Gasteiger partial charge in [-0.15, -0.1) is 0 Å². The Morgan fingerprint density at radius 2 is 1.21 bits per heavy atom. The van der Waals surface area contributed by atoms with Crippen LogP contribution in [0.4, 0.5) is 11.4 Å². The molecule has 24 heavy (non-hydrogen) atoms. The summed E-state index contributed by atoms with van der Waals surface area (Å²) >= 11 is 3.42. The third kappa shape index (κ3) is 3.10. The van der Waals surface area contributed by atoms with E-state index >= 15 is 0 Å². The number of para-hydroxylation sites is 2. The Kier molecular flexibility index (Phi) is 4.19. The summed E-state index contributed by atoms with van der Waals surface area (Å²) in [7, 11) is 5.60. The monoisotopic (exact) mass is 413 g/mol. The summed E-state index contributed by atoms with van der Waals surface area (Å²) in [6.07, 6.45) is 0. The van der Waals surface area contributed by atoms with Crippen LogP contribution in [0, 0.1) is 0 Å². The topological polar surface area (TPSA) is 13.0 Å². The summed E-state index contributed by atoms with van der Waals surface area (Å²) in [5, 5.41) is 0. The van der Waals surface area contributed by atoms with Crippen molar-refractivity contribution in [1.29, 1.82) is 0 Å². The predicted molar refractivity (Wildman–Crippen MR) is 102 cm³/mol. The van der Waals surface area contributed by atoms with Crippen molar-refractivity contribution < 1.29 is 22.9 Å². The van der Waals surface area contributed by atoms with Crippen LogP contribution in [-0.4, -0.2) is 55.7 Å². The summed E-state index contributed by atoms with van der Waals surface area (Å²) in [5.41, 5.74) is 1.94. The molecular weight excluding hydrogens is 388 g/mol. The number of benzene rings is 2. The molecule has 0 amide bonds. The number of nitrogens with zero attached hydrogens (tertiary/aromatic N) is 4. The third-order valence-electron chi connectivity index (χ3n) is 4.16. The normalized spacial score (nSPS) is 17.6. The Bertz CT molecular complexity index is 792. The van der Waals surface area contributed by atoms with Crippen molar-refractivity contribution in [1.82, 2.24) is 9.62 Å². The minimum atomic E-state index is -2.23. The van der Waals surface area contributed by atoms with E-state index in [9.17, 15) is 0 Å². The van der Waals surface area contributed by atoms with Gasteiger partial charge in [0.05, 0.1) is 0 Å². The molecule has 2 aromatic rings. The van der Waals surface area contributed by atoms with Gasteiger partial charge in [-0.1, -0.05) is 0 Å². The van der Waals surface area contributed by atoms with Crippen molar-refractivity contribution in [2.45, 2.75) is 0 Å². The van der Waals surface area contributed by atoms with Crippen molar-refractivity contribution in [3.63, 3.8) is 0 Å². The molecule has 0 radical (unpaired) electrons. The summed E-state index contributed by atoms with van der Waals surface area (Å²) < 4.78 is 24.8. The number of anilines is 2. The first-order chi connectivity index (χ1) is 12.7. The fourth-order valence-electron chi connectivity index (χ4n) is 3.14. The van der Waals surface area contributed by atoms with E-state index in [1.807, 2.05) is 79.6 Å². The Labute approximate surface area is 160 Å². The summed E-state index contributed by atoms with van der Waals surface area (Å²) in [6.45, 7) is -2.85. The first-order valence-electron chi connectivity index (χ1n) is 9.31. The van der Waals surface area contributed by atoms with Gasteiger partial charge in [-0.2, -0.15) is 0 Å². The van der Waals surface area contributed by atoms with Crippen LogP contribution >= 0.6 is 0 Å². The molecule has 0 N–H and O–H groups in total. The molecule has 1 aliphatic heterocycles. The van der Waals surface area contributed by atoms with Gasteiger partial charge in [0.15, 0.2) is 0 Å². The van der Waals surface area contributed by atoms with E-state index in [0.717, 1.165) is 15.6 Å². The quantitative estimate of drug-likeness (QED) is 0.709. The van der Waals surface area contributed by atoms with Gasteiger partial charge in [-0.05, 0) is 0 Å². The zero-order valence-electron chi connectivity index (χ0n) is 17.0. The molecule has 0 atom stereocenters. The van der Waals surface area contributed by atoms with Crippen molar-refractivity contribution in [3.05, 3.63) is 60.7 Å². The fraction of sp³-hybridized carbons (Fsp3) is 0.235. The summed E-state index contributed by atoms with van der Waals surface area (Å²) in [4.78, 5) is 7.70. The van der Waals surface area contributed by atoms with Gasteiger partial charge in [-0.3, -0.25) is 0 Å². The van der Waals surface area contributed by atoms with Crippen molar-refractivity contribution in [3.8, 4) is 0 Å². The van der Waals surface area contributed by atoms with Gasteiger partial charge in [0, 0.05) is 0 Å². The molecule has 4 nitrogen and oxygen atoms in total. The van der Waals surface area contributed by atoms with Crippen LogP contribution in [0.2, 0.25) is 0 Å². The molecule has 1 fully saturated rings. The van der Waals surface area contributed by atoms with E-state index in [1.165, 1.54) is 4.81 Å². The molecule has 3 rings (SSSR count). The van der Waals surface area contributed by atoms with Crippen LogP contribution < -0.4 is 9.62 Å². The molecule has 7 heteroatoms. The van der Waals surface area contributed by atoms with Crippen molar-refractivity contribution >= 4 is 29.4 Å². The van der Waals surface area contributed by atoms with Crippen LogP contribution in [0.15, 0.2) is 60.7 Å². The molecule has 1 saturated heterocycles. The predicted octanol–water partition coefficient (Wildman–Crippen LogP) is 1.83. The molecule has 0 spiro atoms. The van der Waals surface area contributed by atoms with Gasteiger partial charge >= 0.3 is 160 Å². The molecule has 0 bridgehead atoms. The second-order valence-corrected chi connectivity index (χ2v) is 6.75. The van der Waals surface area contributed by atoms with Crippen LogP contribution in [0.25, 0.3) is 0 Å². The molecule has 0 saturated carbocycles. The standard InChI is InChI=1S/C17H22B2N4.Pd/c1-20(2)18-19(21(3)4)23(17-13-9-6-10-14-17)15-22(18)16-11-7-5-8-12-16;/h5-14H,1-4H3;/i1D3;. The van der Waals surface area contributed by atoms with E-state index in [2.05, 4.69) is 28.4 Å². The van der Waals surface area contributed by atoms with Gasteiger partial charge in [0.2, 0.25) is 0 Å². The number of hydrogen-bond donors (Lipinski definition) is 0. The van der Waals surface area contributed by atoms with E-state index < -0.39 is 13.8 Å². The maximum absolute atomic E-state index is 8.00. The molecule has 126 valence electrons. The molecule has 2 aromatic carbocycles. The summed E-state index contributed by atoms with van der Waals surface area (Å²) in [6, 6.07) is 19.9.